The van der Waals surface area contributed by atoms with Gasteiger partial charge in [-0.2, -0.15) is 9.78 Å². The van der Waals surface area contributed by atoms with E-state index >= 15 is 0 Å². The molecule has 0 saturated carbocycles. The van der Waals surface area contributed by atoms with Crippen LogP contribution in [-0.2, 0) is 0 Å². The van der Waals surface area contributed by atoms with Gasteiger partial charge in [0.25, 0.3) is 5.56 Å². The quantitative estimate of drug-likeness (QED) is 0.585. The van der Waals surface area contributed by atoms with E-state index in [1.54, 1.807) is 19.2 Å². The van der Waals surface area contributed by atoms with Crippen molar-refractivity contribution >= 4 is 28.2 Å². The monoisotopic (exact) mass is 336 g/mol. The van der Waals surface area contributed by atoms with Gasteiger partial charge in [-0.25, -0.2) is 9.37 Å². The molecule has 0 saturated heterocycles. The molecule has 0 radical (unpaired) electrons. The second kappa shape index (κ2) is 5.86. The number of H-pyrrole nitrogens is 1. The van der Waals surface area contributed by atoms with E-state index < -0.39 is 0 Å². The van der Waals surface area contributed by atoms with Crippen LogP contribution in [0, 0.1) is 5.82 Å². The van der Waals surface area contributed by atoms with Crippen LogP contribution in [0.4, 0.5) is 4.39 Å². The van der Waals surface area contributed by atoms with Gasteiger partial charge in [-0.05, 0) is 29.8 Å². The first-order valence-electron chi connectivity index (χ1n) is 7.53. The molecule has 0 atom stereocenters. The van der Waals surface area contributed by atoms with Crippen LogP contribution in [0.25, 0.3) is 21.9 Å². The highest BCUT2D eigenvalue weighted by atomic mass is 19.1. The summed E-state index contributed by atoms with van der Waals surface area (Å²) in [5, 5.41) is 4.87. The minimum absolute atomic E-state index is 0.329. The van der Waals surface area contributed by atoms with E-state index in [1.807, 2.05) is 18.2 Å². The predicted octanol–water partition coefficient (Wildman–Crippen LogP) is 2.91. The average Bonchev–Trinajstić information content (AvgIpc) is 3.02. The first-order chi connectivity index (χ1) is 12.2. The molecule has 25 heavy (non-hydrogen) atoms. The van der Waals surface area contributed by atoms with Crippen molar-refractivity contribution < 1.29 is 9.13 Å². The molecule has 0 fully saturated rings. The van der Waals surface area contributed by atoms with Gasteiger partial charge in [0.05, 0.1) is 24.2 Å². The summed E-state index contributed by atoms with van der Waals surface area (Å²) in [6, 6.07) is 11.3. The fourth-order valence-electron chi connectivity index (χ4n) is 2.69. The van der Waals surface area contributed by atoms with Gasteiger partial charge >= 0.3 is 0 Å². The third kappa shape index (κ3) is 2.55. The molecule has 0 spiro atoms. The minimum atomic E-state index is -0.332. The summed E-state index contributed by atoms with van der Waals surface area (Å²) in [4.78, 5) is 20.1. The number of hydrogen-bond donors (Lipinski definition) is 1. The molecule has 0 aliphatic heterocycles. The Balaban J connectivity index is 1.84. The van der Waals surface area contributed by atoms with Gasteiger partial charge in [-0.15, -0.1) is 0 Å². The van der Waals surface area contributed by atoms with Gasteiger partial charge in [0, 0.05) is 0 Å². The molecule has 4 aromatic rings. The van der Waals surface area contributed by atoms with E-state index in [-0.39, 0.29) is 11.4 Å². The number of fused-ring (bicyclic) bond motifs is 3. The lowest BCUT2D eigenvalue weighted by molar-refractivity contribution is 0.420. The van der Waals surface area contributed by atoms with Crippen LogP contribution in [0.2, 0.25) is 0 Å². The summed E-state index contributed by atoms with van der Waals surface area (Å²) in [6.45, 7) is 0. The molecular formula is C18H13FN4O2. The molecular weight excluding hydrogens is 323 g/mol. The average molecular weight is 336 g/mol. The Kier molecular flexibility index (Phi) is 3.53. The van der Waals surface area contributed by atoms with Crippen molar-refractivity contribution in [3.05, 3.63) is 70.5 Å². The fourth-order valence-corrected chi connectivity index (χ4v) is 2.69. The lowest BCUT2D eigenvalue weighted by Crippen LogP contribution is -2.17. The van der Waals surface area contributed by atoms with Gasteiger partial charge in [0.15, 0.2) is 0 Å². The van der Waals surface area contributed by atoms with E-state index in [2.05, 4.69) is 15.1 Å². The first kappa shape index (κ1) is 15.1. The van der Waals surface area contributed by atoms with Crippen LogP contribution >= 0.6 is 0 Å². The standard InChI is InChI=1S/C18H13FN4O2/c1-25-14-4-2-3-13-15(14)16-17(22-13)18(24)23(10-20-16)21-9-11-5-7-12(19)8-6-11/h2-10,22H,1H3/b21-9+. The molecule has 0 bridgehead atoms. The van der Waals surface area contributed by atoms with Gasteiger partial charge in [-0.3, -0.25) is 4.79 Å². The van der Waals surface area contributed by atoms with Crippen molar-refractivity contribution in [1.82, 2.24) is 14.6 Å². The number of aromatic nitrogens is 3. The maximum absolute atomic E-state index is 12.9. The predicted molar refractivity (Wildman–Crippen MR) is 93.8 cm³/mol. The van der Waals surface area contributed by atoms with Crippen molar-refractivity contribution in [3.63, 3.8) is 0 Å². The molecule has 6 nitrogen and oxygen atoms in total. The van der Waals surface area contributed by atoms with Gasteiger partial charge in [0.2, 0.25) is 0 Å². The van der Waals surface area contributed by atoms with Crippen LogP contribution < -0.4 is 10.3 Å². The summed E-state index contributed by atoms with van der Waals surface area (Å²) < 4.78 is 19.4. The lowest BCUT2D eigenvalue weighted by Gasteiger charge is -2.01. The van der Waals surface area contributed by atoms with Crippen LogP contribution in [0.5, 0.6) is 5.75 Å². The van der Waals surface area contributed by atoms with Gasteiger partial charge < -0.3 is 9.72 Å². The second-order valence-electron chi connectivity index (χ2n) is 5.42. The SMILES string of the molecule is COc1cccc2[nH]c3c(=O)n(/N=C/c4ccc(F)cc4)cnc3c12. The van der Waals surface area contributed by atoms with Crippen molar-refractivity contribution in [2.45, 2.75) is 0 Å². The number of hydrogen-bond acceptors (Lipinski definition) is 4. The van der Waals surface area contributed by atoms with Gasteiger partial charge in [-0.1, -0.05) is 18.2 Å². The fraction of sp³-hybridized carbons (Fsp3) is 0.0556. The zero-order valence-electron chi connectivity index (χ0n) is 13.2. The Bertz CT molecular complexity index is 1160. The lowest BCUT2D eigenvalue weighted by atomic mass is 10.2. The number of ether oxygens (including phenoxy) is 1. The van der Waals surface area contributed by atoms with Crippen LogP contribution in [0.3, 0.4) is 0 Å². The van der Waals surface area contributed by atoms with E-state index in [1.165, 1.54) is 24.7 Å². The minimum Gasteiger partial charge on any atom is -0.496 e. The normalized spacial score (nSPS) is 11.6. The summed E-state index contributed by atoms with van der Waals surface area (Å²) in [5.74, 6) is 0.313. The summed E-state index contributed by atoms with van der Waals surface area (Å²) in [7, 11) is 1.57. The number of methoxy groups -OCH3 is 1. The highest BCUT2D eigenvalue weighted by molar-refractivity contribution is 6.07. The van der Waals surface area contributed by atoms with Crippen LogP contribution in [0.15, 0.2) is 58.7 Å². The number of nitrogens with one attached hydrogen (secondary N) is 1. The molecule has 4 rings (SSSR count). The zero-order valence-corrected chi connectivity index (χ0v) is 13.2. The molecule has 0 aliphatic rings. The van der Waals surface area contributed by atoms with Crippen LogP contribution in [0.1, 0.15) is 5.56 Å². The summed E-state index contributed by atoms with van der Waals surface area (Å²) in [5.41, 5.74) is 1.98. The Morgan fingerprint density at radius 3 is 2.80 bits per heavy atom. The van der Waals surface area contributed by atoms with E-state index in [0.29, 0.717) is 22.3 Å². The van der Waals surface area contributed by atoms with Gasteiger partial charge in [0.1, 0.15) is 28.9 Å². The highest BCUT2D eigenvalue weighted by Gasteiger charge is 2.13. The van der Waals surface area contributed by atoms with E-state index in [9.17, 15) is 9.18 Å². The van der Waals surface area contributed by atoms with E-state index in [0.717, 1.165) is 15.6 Å². The van der Waals surface area contributed by atoms with E-state index in [4.69, 9.17) is 4.74 Å². The largest absolute Gasteiger partial charge is 0.496 e. The molecule has 0 amide bonds. The third-order valence-corrected chi connectivity index (χ3v) is 3.90. The second-order valence-corrected chi connectivity index (χ2v) is 5.42. The molecule has 2 aromatic heterocycles. The number of aromatic amines is 1. The molecule has 1 N–H and O–H groups in total. The maximum Gasteiger partial charge on any atom is 0.298 e. The van der Waals surface area contributed by atoms with Crippen molar-refractivity contribution in [1.29, 1.82) is 0 Å². The topological polar surface area (TPSA) is 72.3 Å². The molecule has 2 aromatic carbocycles. The molecule has 7 heteroatoms. The summed E-state index contributed by atoms with van der Waals surface area (Å²) in [6.07, 6.45) is 2.82. The number of rotatable bonds is 3. The highest BCUT2D eigenvalue weighted by Crippen LogP contribution is 2.30. The number of nitrogens with zero attached hydrogens (tertiary/aromatic N) is 3. The third-order valence-electron chi connectivity index (χ3n) is 3.90. The molecule has 2 heterocycles. The zero-order chi connectivity index (χ0) is 17.4. The smallest absolute Gasteiger partial charge is 0.298 e. The van der Waals surface area contributed by atoms with Crippen molar-refractivity contribution in [2.75, 3.05) is 7.11 Å². The Hall–Kier alpha value is -3.48. The Morgan fingerprint density at radius 1 is 1.24 bits per heavy atom. The first-order valence-corrected chi connectivity index (χ1v) is 7.53. The van der Waals surface area contributed by atoms with Crippen molar-refractivity contribution in [2.24, 2.45) is 5.10 Å². The van der Waals surface area contributed by atoms with Crippen molar-refractivity contribution in [3.8, 4) is 5.75 Å². The molecule has 0 unspecified atom stereocenters. The van der Waals surface area contributed by atoms with Crippen LogP contribution in [-0.4, -0.2) is 28.0 Å². The maximum atomic E-state index is 12.9. The molecule has 0 aliphatic carbocycles. The summed E-state index contributed by atoms with van der Waals surface area (Å²) >= 11 is 0. The Labute approximate surface area is 141 Å². The Morgan fingerprint density at radius 2 is 2.04 bits per heavy atom. The number of benzene rings is 2. The molecule has 124 valence electrons. The number of halogens is 1.